The van der Waals surface area contributed by atoms with E-state index in [2.05, 4.69) is 9.88 Å². The van der Waals surface area contributed by atoms with Crippen molar-refractivity contribution in [1.29, 1.82) is 0 Å². The lowest BCUT2D eigenvalue weighted by Crippen LogP contribution is -2.47. The van der Waals surface area contributed by atoms with Crippen LogP contribution in [-0.4, -0.2) is 61.9 Å². The van der Waals surface area contributed by atoms with Gasteiger partial charge in [0.25, 0.3) is 5.69 Å². The molecule has 0 N–H and O–H groups in total. The van der Waals surface area contributed by atoms with Gasteiger partial charge in [0.05, 0.1) is 9.82 Å². The number of rotatable bonds is 5. The van der Waals surface area contributed by atoms with Crippen molar-refractivity contribution in [1.82, 2.24) is 9.29 Å². The molecule has 1 aromatic carbocycles. The first-order chi connectivity index (χ1) is 14.5. The second-order valence-corrected chi connectivity index (χ2v) is 9.47. The smallest absolute Gasteiger partial charge is 0.293 e. The summed E-state index contributed by atoms with van der Waals surface area (Å²) in [7, 11) is -3.72. The van der Waals surface area contributed by atoms with Gasteiger partial charge in [-0.3, -0.25) is 10.1 Å². The molecule has 4 rings (SSSR count). The summed E-state index contributed by atoms with van der Waals surface area (Å²) >= 11 is 0. The first-order valence-corrected chi connectivity index (χ1v) is 11.6. The highest BCUT2D eigenvalue weighted by Crippen LogP contribution is 2.33. The van der Waals surface area contributed by atoms with Gasteiger partial charge in [0, 0.05) is 51.5 Å². The van der Waals surface area contributed by atoms with E-state index in [0.29, 0.717) is 45.0 Å². The van der Waals surface area contributed by atoms with E-state index in [1.54, 1.807) is 12.3 Å². The van der Waals surface area contributed by atoms with Gasteiger partial charge in [-0.2, -0.15) is 4.31 Å². The molecule has 0 spiro atoms. The molecule has 10 heteroatoms. The van der Waals surface area contributed by atoms with Gasteiger partial charge in [-0.15, -0.1) is 0 Å². The Morgan fingerprint density at radius 1 is 0.900 bits per heavy atom. The first kappa shape index (κ1) is 20.5. The van der Waals surface area contributed by atoms with Crippen LogP contribution in [0, 0.1) is 10.1 Å². The molecule has 2 aliphatic rings. The molecule has 0 bridgehead atoms. The summed E-state index contributed by atoms with van der Waals surface area (Å²) < 4.78 is 27.3. The Morgan fingerprint density at radius 3 is 2.23 bits per heavy atom. The van der Waals surface area contributed by atoms with Crippen molar-refractivity contribution in [2.45, 2.75) is 24.2 Å². The van der Waals surface area contributed by atoms with Crippen LogP contribution >= 0.6 is 0 Å². The van der Waals surface area contributed by atoms with Crippen molar-refractivity contribution >= 4 is 27.2 Å². The summed E-state index contributed by atoms with van der Waals surface area (Å²) in [6.07, 6.45) is 4.39. The van der Waals surface area contributed by atoms with Gasteiger partial charge in [-0.25, -0.2) is 13.4 Å². The van der Waals surface area contributed by atoms with Crippen molar-refractivity contribution in [2.75, 3.05) is 49.1 Å². The maximum Gasteiger partial charge on any atom is 0.293 e. The molecule has 0 radical (unpaired) electrons. The van der Waals surface area contributed by atoms with E-state index >= 15 is 0 Å². The van der Waals surface area contributed by atoms with Crippen molar-refractivity contribution in [2.24, 2.45) is 0 Å². The Hall–Kier alpha value is -2.72. The van der Waals surface area contributed by atoms with Crippen molar-refractivity contribution < 1.29 is 13.3 Å². The minimum Gasteiger partial charge on any atom is -0.362 e. The number of anilines is 2. The van der Waals surface area contributed by atoms with E-state index in [0.717, 1.165) is 25.1 Å². The minimum absolute atomic E-state index is 0.00743. The number of piperazine rings is 1. The molecule has 0 unspecified atom stereocenters. The lowest BCUT2D eigenvalue weighted by Gasteiger charge is -2.36. The van der Waals surface area contributed by atoms with Crippen LogP contribution in [0.5, 0.6) is 0 Å². The Bertz CT molecular complexity index is 1000. The summed E-state index contributed by atoms with van der Waals surface area (Å²) in [5.41, 5.74) is 0.289. The molecule has 0 saturated carbocycles. The molecule has 1 aromatic heterocycles. The molecule has 2 saturated heterocycles. The number of pyridine rings is 1. The lowest BCUT2D eigenvalue weighted by molar-refractivity contribution is -0.384. The van der Waals surface area contributed by atoms with E-state index in [-0.39, 0.29) is 10.6 Å². The highest BCUT2D eigenvalue weighted by Gasteiger charge is 2.30. The molecule has 2 aliphatic heterocycles. The fourth-order valence-electron chi connectivity index (χ4n) is 4.05. The number of sulfonamides is 1. The maximum atomic E-state index is 12.9. The van der Waals surface area contributed by atoms with Gasteiger partial charge >= 0.3 is 0 Å². The van der Waals surface area contributed by atoms with Crippen LogP contribution in [0.3, 0.4) is 0 Å². The van der Waals surface area contributed by atoms with E-state index in [4.69, 9.17) is 0 Å². The predicted molar refractivity (Wildman–Crippen MR) is 114 cm³/mol. The van der Waals surface area contributed by atoms with Crippen LogP contribution in [0.15, 0.2) is 47.5 Å². The fourth-order valence-corrected chi connectivity index (χ4v) is 5.59. The van der Waals surface area contributed by atoms with Crippen LogP contribution in [0.2, 0.25) is 0 Å². The number of aromatic nitrogens is 1. The Kier molecular flexibility index (Phi) is 5.87. The molecule has 0 atom stereocenters. The molecule has 0 amide bonds. The second kappa shape index (κ2) is 8.57. The van der Waals surface area contributed by atoms with Gasteiger partial charge in [0.2, 0.25) is 10.0 Å². The number of piperidine rings is 1. The van der Waals surface area contributed by atoms with Gasteiger partial charge < -0.3 is 9.80 Å². The van der Waals surface area contributed by atoms with Crippen molar-refractivity contribution in [3.63, 3.8) is 0 Å². The molecular formula is C20H25N5O4S. The average molecular weight is 432 g/mol. The van der Waals surface area contributed by atoms with Crippen molar-refractivity contribution in [3.8, 4) is 0 Å². The van der Waals surface area contributed by atoms with Crippen LogP contribution in [0.25, 0.3) is 0 Å². The molecule has 9 nitrogen and oxygen atoms in total. The largest absolute Gasteiger partial charge is 0.362 e. The number of benzene rings is 1. The Balaban J connectivity index is 1.55. The zero-order valence-corrected chi connectivity index (χ0v) is 17.5. The Morgan fingerprint density at radius 2 is 1.60 bits per heavy atom. The predicted octanol–water partition coefficient (Wildman–Crippen LogP) is 2.49. The summed E-state index contributed by atoms with van der Waals surface area (Å²) in [6, 6.07) is 10.0. The minimum atomic E-state index is -3.72. The number of nitro groups is 1. The topological polar surface area (TPSA) is 99.9 Å². The Labute approximate surface area is 176 Å². The average Bonchev–Trinajstić information content (AvgIpc) is 2.80. The fraction of sp³-hybridized carbons (Fsp3) is 0.450. The summed E-state index contributed by atoms with van der Waals surface area (Å²) in [6.45, 7) is 3.48. The SMILES string of the molecule is O=[N+]([O-])c1cc(S(=O)(=O)N2CCCCC2)ccc1N1CCN(c2ccccn2)CC1. The van der Waals surface area contributed by atoms with Crippen LogP contribution in [0.4, 0.5) is 17.2 Å². The highest BCUT2D eigenvalue weighted by atomic mass is 32.2. The third-order valence-electron chi connectivity index (χ3n) is 5.69. The van der Waals surface area contributed by atoms with Gasteiger partial charge in [-0.05, 0) is 37.1 Å². The lowest BCUT2D eigenvalue weighted by atomic mass is 10.2. The van der Waals surface area contributed by atoms with Crippen LogP contribution in [-0.2, 0) is 10.0 Å². The third-order valence-corrected chi connectivity index (χ3v) is 7.58. The second-order valence-electron chi connectivity index (χ2n) is 7.53. The molecular weight excluding hydrogens is 406 g/mol. The van der Waals surface area contributed by atoms with Gasteiger partial charge in [-0.1, -0.05) is 12.5 Å². The summed E-state index contributed by atoms with van der Waals surface area (Å²) in [4.78, 5) is 19.7. The molecule has 2 aromatic rings. The number of nitrogens with zero attached hydrogens (tertiary/aromatic N) is 5. The van der Waals surface area contributed by atoms with Crippen molar-refractivity contribution in [3.05, 3.63) is 52.7 Å². The zero-order chi connectivity index (χ0) is 21.1. The zero-order valence-electron chi connectivity index (χ0n) is 16.7. The normalized spacial score (nSPS) is 18.4. The van der Waals surface area contributed by atoms with E-state index < -0.39 is 14.9 Å². The van der Waals surface area contributed by atoms with Crippen LogP contribution in [0.1, 0.15) is 19.3 Å². The molecule has 2 fully saturated rings. The van der Waals surface area contributed by atoms with E-state index in [1.807, 2.05) is 23.1 Å². The standard InChI is InChI=1S/C20H25N5O4S/c26-25(27)19-16-17(30(28,29)24-10-4-1-5-11-24)7-8-18(19)22-12-14-23(15-13-22)20-6-2-3-9-21-20/h2-3,6-9,16H,1,4-5,10-15H2. The summed E-state index contributed by atoms with van der Waals surface area (Å²) in [5, 5.41) is 11.8. The maximum absolute atomic E-state index is 12.9. The summed E-state index contributed by atoms with van der Waals surface area (Å²) in [5.74, 6) is 0.884. The monoisotopic (exact) mass is 431 g/mol. The number of hydrogen-bond donors (Lipinski definition) is 0. The van der Waals surface area contributed by atoms with Gasteiger partial charge in [0.1, 0.15) is 11.5 Å². The number of hydrogen-bond acceptors (Lipinski definition) is 7. The van der Waals surface area contributed by atoms with Gasteiger partial charge in [0.15, 0.2) is 0 Å². The first-order valence-electron chi connectivity index (χ1n) is 10.2. The molecule has 160 valence electrons. The van der Waals surface area contributed by atoms with E-state index in [9.17, 15) is 18.5 Å². The highest BCUT2D eigenvalue weighted by molar-refractivity contribution is 7.89. The third kappa shape index (κ3) is 4.10. The quantitative estimate of drug-likeness (QED) is 0.530. The van der Waals surface area contributed by atoms with Crippen LogP contribution < -0.4 is 9.80 Å². The molecule has 3 heterocycles. The van der Waals surface area contributed by atoms with E-state index in [1.165, 1.54) is 16.4 Å². The molecule has 0 aliphatic carbocycles. The number of nitro benzene ring substituents is 1. The molecule has 30 heavy (non-hydrogen) atoms.